The van der Waals surface area contributed by atoms with E-state index in [0.717, 1.165) is 6.20 Å². The topological polar surface area (TPSA) is 108 Å². The minimum Gasteiger partial charge on any atom is -0.466 e. The number of carbonyl (C=O) groups excluding carboxylic acids is 1. The number of rotatable bonds is 5. The second-order valence-electron chi connectivity index (χ2n) is 3.47. The number of alkyl halides is 2. The van der Waals surface area contributed by atoms with Crippen LogP contribution in [0.15, 0.2) is 6.20 Å². The third kappa shape index (κ3) is 3.33. The van der Waals surface area contributed by atoms with Crippen molar-refractivity contribution in [3.63, 3.8) is 0 Å². The molecule has 0 radical (unpaired) electrons. The molecule has 1 rings (SSSR count). The predicted octanol–water partition coefficient (Wildman–Crippen LogP) is 1.62. The Morgan fingerprint density at radius 2 is 2.26 bits per heavy atom. The Balaban J connectivity index is 3.20. The molecule has 0 unspecified atom stereocenters. The summed E-state index contributed by atoms with van der Waals surface area (Å²) in [6.07, 6.45) is -2.60. The second kappa shape index (κ2) is 6.03. The fourth-order valence-corrected chi connectivity index (χ4v) is 1.44. The van der Waals surface area contributed by atoms with Crippen molar-refractivity contribution in [3.05, 3.63) is 27.4 Å². The molecule has 0 aliphatic heterocycles. The summed E-state index contributed by atoms with van der Waals surface area (Å²) in [7, 11) is 0. The van der Waals surface area contributed by atoms with Gasteiger partial charge in [-0.1, -0.05) is 0 Å². The molecule has 0 aromatic carbocycles. The van der Waals surface area contributed by atoms with E-state index >= 15 is 0 Å². The molecule has 0 amide bonds. The van der Waals surface area contributed by atoms with Gasteiger partial charge in [-0.05, 0) is 16.8 Å². The zero-order chi connectivity index (χ0) is 14.6. The zero-order valence-electron chi connectivity index (χ0n) is 9.93. The normalized spacial score (nSPS) is 10.5. The Morgan fingerprint density at radius 3 is 2.74 bits per heavy atom. The molecule has 7 nitrogen and oxygen atoms in total. The van der Waals surface area contributed by atoms with Crippen LogP contribution in [0.5, 0.6) is 0 Å². The number of aromatic nitrogens is 1. The van der Waals surface area contributed by atoms with Crippen molar-refractivity contribution >= 4 is 17.5 Å². The molecule has 0 fully saturated rings. The SMILES string of the molecule is CCOC(=O)Cc1cnc([N+](=O)[O-])c(C(F)F)c1N. The van der Waals surface area contributed by atoms with Gasteiger partial charge in [0.25, 0.3) is 6.43 Å². The number of ether oxygens (including phenoxy) is 1. The number of hydrogen-bond donors (Lipinski definition) is 1. The Hall–Kier alpha value is -2.32. The highest BCUT2D eigenvalue weighted by Gasteiger charge is 2.29. The molecule has 0 atom stereocenters. The largest absolute Gasteiger partial charge is 0.466 e. The van der Waals surface area contributed by atoms with Crippen LogP contribution in [0.4, 0.5) is 20.3 Å². The third-order valence-electron chi connectivity index (χ3n) is 2.25. The molecular weight excluding hydrogens is 264 g/mol. The van der Waals surface area contributed by atoms with Crippen LogP contribution in [0.25, 0.3) is 0 Å². The summed E-state index contributed by atoms with van der Waals surface area (Å²) in [5.41, 5.74) is 3.92. The van der Waals surface area contributed by atoms with Crippen LogP contribution in [-0.2, 0) is 16.0 Å². The molecule has 2 N–H and O–H groups in total. The standard InChI is InChI=1S/C10H11F2N3O4/c1-2-19-6(16)3-5-4-14-10(15(17)18)7(8(5)13)9(11)12/h4,9H,2-3H2,1H3,(H2,13,14). The monoisotopic (exact) mass is 275 g/mol. The van der Waals surface area contributed by atoms with Crippen molar-refractivity contribution in [2.45, 2.75) is 19.8 Å². The van der Waals surface area contributed by atoms with Crippen molar-refractivity contribution in [2.24, 2.45) is 0 Å². The Morgan fingerprint density at radius 1 is 1.63 bits per heavy atom. The molecule has 0 saturated carbocycles. The molecule has 0 saturated heterocycles. The first-order valence-electron chi connectivity index (χ1n) is 5.23. The van der Waals surface area contributed by atoms with Crippen LogP contribution in [-0.4, -0.2) is 22.5 Å². The maximum absolute atomic E-state index is 12.8. The number of nitrogens with zero attached hydrogens (tertiary/aromatic N) is 2. The van der Waals surface area contributed by atoms with Gasteiger partial charge in [-0.25, -0.2) is 8.78 Å². The number of carbonyl (C=O) groups is 1. The van der Waals surface area contributed by atoms with Crippen LogP contribution in [0.3, 0.4) is 0 Å². The summed E-state index contributed by atoms with van der Waals surface area (Å²) in [4.78, 5) is 24.1. The van der Waals surface area contributed by atoms with Crippen LogP contribution >= 0.6 is 0 Å². The highest BCUT2D eigenvalue weighted by atomic mass is 19.3. The summed E-state index contributed by atoms with van der Waals surface area (Å²) in [5, 5.41) is 10.6. The maximum atomic E-state index is 12.8. The van der Waals surface area contributed by atoms with Crippen molar-refractivity contribution < 1.29 is 23.2 Å². The Kier molecular flexibility index (Phi) is 4.67. The van der Waals surface area contributed by atoms with Crippen molar-refractivity contribution in [2.75, 3.05) is 12.3 Å². The quantitative estimate of drug-likeness (QED) is 0.497. The van der Waals surface area contributed by atoms with E-state index in [1.54, 1.807) is 6.92 Å². The number of nitrogens with two attached hydrogens (primary N) is 1. The molecule has 1 heterocycles. The fourth-order valence-electron chi connectivity index (χ4n) is 1.44. The van der Waals surface area contributed by atoms with Gasteiger partial charge in [-0.15, -0.1) is 0 Å². The number of anilines is 1. The number of halogens is 2. The van der Waals surface area contributed by atoms with Crippen molar-refractivity contribution in [1.29, 1.82) is 0 Å². The van der Waals surface area contributed by atoms with Gasteiger partial charge in [0.05, 0.1) is 18.7 Å². The first-order chi connectivity index (χ1) is 8.88. The highest BCUT2D eigenvalue weighted by Crippen LogP contribution is 2.34. The molecule has 9 heteroatoms. The van der Waals surface area contributed by atoms with E-state index in [0.29, 0.717) is 0 Å². The fraction of sp³-hybridized carbons (Fsp3) is 0.400. The number of nitro groups is 1. The summed E-state index contributed by atoms with van der Waals surface area (Å²) < 4.78 is 30.2. The first-order valence-corrected chi connectivity index (χ1v) is 5.23. The van der Waals surface area contributed by atoms with E-state index in [2.05, 4.69) is 9.72 Å². The summed E-state index contributed by atoms with van der Waals surface area (Å²) in [5.74, 6) is -1.69. The lowest BCUT2D eigenvalue weighted by atomic mass is 10.1. The first kappa shape index (κ1) is 14.7. The second-order valence-corrected chi connectivity index (χ2v) is 3.47. The van der Waals surface area contributed by atoms with E-state index < -0.39 is 34.4 Å². The molecule has 0 aliphatic carbocycles. The lowest BCUT2D eigenvalue weighted by Crippen LogP contribution is -2.12. The average Bonchev–Trinajstić information content (AvgIpc) is 2.30. The summed E-state index contributed by atoms with van der Waals surface area (Å²) in [6.45, 7) is 1.71. The van der Waals surface area contributed by atoms with Gasteiger partial charge in [0.15, 0.2) is 0 Å². The van der Waals surface area contributed by atoms with Gasteiger partial charge < -0.3 is 20.6 Å². The van der Waals surface area contributed by atoms with Gasteiger partial charge in [-0.3, -0.25) is 4.79 Å². The van der Waals surface area contributed by atoms with Crippen LogP contribution in [0.1, 0.15) is 24.5 Å². The van der Waals surface area contributed by atoms with Gasteiger partial charge in [0.1, 0.15) is 11.8 Å². The molecule has 104 valence electrons. The minimum atomic E-state index is -3.16. The summed E-state index contributed by atoms with van der Waals surface area (Å²) in [6, 6.07) is 0. The van der Waals surface area contributed by atoms with E-state index in [-0.39, 0.29) is 18.6 Å². The molecule has 0 spiro atoms. The number of hydrogen-bond acceptors (Lipinski definition) is 6. The number of esters is 1. The Bertz CT molecular complexity index is 508. The highest BCUT2D eigenvalue weighted by molar-refractivity contribution is 5.76. The van der Waals surface area contributed by atoms with Crippen LogP contribution in [0, 0.1) is 10.1 Å². The molecule has 0 aliphatic rings. The zero-order valence-corrected chi connectivity index (χ0v) is 9.93. The lowest BCUT2D eigenvalue weighted by Gasteiger charge is -2.09. The molecule has 19 heavy (non-hydrogen) atoms. The van der Waals surface area contributed by atoms with Crippen LogP contribution < -0.4 is 5.73 Å². The smallest absolute Gasteiger partial charge is 0.374 e. The average molecular weight is 275 g/mol. The third-order valence-corrected chi connectivity index (χ3v) is 2.25. The maximum Gasteiger partial charge on any atom is 0.374 e. The van der Waals surface area contributed by atoms with Crippen molar-refractivity contribution in [3.8, 4) is 0 Å². The summed E-state index contributed by atoms with van der Waals surface area (Å²) >= 11 is 0. The number of nitrogen functional groups attached to an aromatic ring is 1. The molecule has 0 bridgehead atoms. The van der Waals surface area contributed by atoms with Gasteiger partial charge >= 0.3 is 11.8 Å². The lowest BCUT2D eigenvalue weighted by molar-refractivity contribution is -0.391. The van der Waals surface area contributed by atoms with Crippen LogP contribution in [0.2, 0.25) is 0 Å². The number of pyridine rings is 1. The predicted molar refractivity (Wildman–Crippen MR) is 60.6 cm³/mol. The van der Waals surface area contributed by atoms with Gasteiger partial charge in [0.2, 0.25) is 0 Å². The molecule has 1 aromatic rings. The van der Waals surface area contributed by atoms with Gasteiger partial charge in [-0.2, -0.15) is 0 Å². The van der Waals surface area contributed by atoms with Crippen molar-refractivity contribution in [1.82, 2.24) is 4.98 Å². The Labute approximate surface area is 106 Å². The molecular formula is C10H11F2N3O4. The van der Waals surface area contributed by atoms with E-state index in [1.165, 1.54) is 0 Å². The molecule has 1 aromatic heterocycles. The van der Waals surface area contributed by atoms with E-state index in [1.807, 2.05) is 0 Å². The van der Waals surface area contributed by atoms with E-state index in [4.69, 9.17) is 5.73 Å². The van der Waals surface area contributed by atoms with E-state index in [9.17, 15) is 23.7 Å². The van der Waals surface area contributed by atoms with Gasteiger partial charge in [0, 0.05) is 5.56 Å². The minimum absolute atomic E-state index is 0.0284.